The summed E-state index contributed by atoms with van der Waals surface area (Å²) < 4.78 is 5.31. The summed E-state index contributed by atoms with van der Waals surface area (Å²) in [4.78, 5) is 28.6. The summed E-state index contributed by atoms with van der Waals surface area (Å²) in [5.74, 6) is 0.132. The van der Waals surface area contributed by atoms with Crippen LogP contribution in [0.3, 0.4) is 0 Å². The van der Waals surface area contributed by atoms with Gasteiger partial charge in [-0.1, -0.05) is 42.5 Å². The Morgan fingerprint density at radius 2 is 2.13 bits per heavy atom. The molecule has 2 aromatic carbocycles. The first-order valence-electron chi connectivity index (χ1n) is 10.7. The number of carbonyl (C=O) groups is 2. The molecular weight excluding hydrogens is 390 g/mol. The third-order valence-electron chi connectivity index (χ3n) is 6.36. The Bertz CT molecular complexity index is 975. The molecule has 1 saturated heterocycles. The number of methoxy groups -OCH3 is 1. The SMILES string of the molecule is C=CCNC(=O)[C@H]1CN(Cc2ccccc2)C[C@@]12CCc1ccc(OC)cc1C(=O)N2. The molecule has 0 saturated carbocycles. The Morgan fingerprint density at radius 3 is 2.87 bits per heavy atom. The Hall–Kier alpha value is -3.12. The molecule has 4 rings (SSSR count). The van der Waals surface area contributed by atoms with Crippen molar-refractivity contribution in [2.75, 3.05) is 26.7 Å². The van der Waals surface area contributed by atoms with E-state index in [4.69, 9.17) is 4.74 Å². The number of hydrogen-bond donors (Lipinski definition) is 2. The lowest BCUT2D eigenvalue weighted by molar-refractivity contribution is -0.126. The number of ether oxygens (including phenoxy) is 1. The van der Waals surface area contributed by atoms with E-state index < -0.39 is 5.54 Å². The number of aryl methyl sites for hydroxylation is 1. The minimum absolute atomic E-state index is 0.0423. The van der Waals surface area contributed by atoms with Crippen LogP contribution in [0.15, 0.2) is 61.2 Å². The summed E-state index contributed by atoms with van der Waals surface area (Å²) >= 11 is 0. The zero-order chi connectivity index (χ0) is 21.8. The fraction of sp³-hybridized carbons (Fsp3) is 0.360. The molecule has 2 atom stereocenters. The predicted octanol–water partition coefficient (Wildman–Crippen LogP) is 2.54. The van der Waals surface area contributed by atoms with Gasteiger partial charge in [0.15, 0.2) is 0 Å². The van der Waals surface area contributed by atoms with E-state index in [1.807, 2.05) is 30.3 Å². The van der Waals surface area contributed by atoms with Gasteiger partial charge in [-0.25, -0.2) is 0 Å². The standard InChI is InChI=1S/C25H29N3O3/c1-3-13-26-24(30)22-16-28(15-18-7-5-4-6-8-18)17-25(22)12-11-19-9-10-20(31-2)14-21(19)23(29)27-25/h3-10,14,22H,1,11-13,15-17H2,2H3,(H,26,30)(H,27,29)/t22-,25+/m1/s1. The summed E-state index contributed by atoms with van der Waals surface area (Å²) in [6, 6.07) is 15.8. The minimum atomic E-state index is -0.622. The van der Waals surface area contributed by atoms with Crippen molar-refractivity contribution in [2.45, 2.75) is 24.9 Å². The molecule has 2 aliphatic rings. The normalized spacial score (nSPS) is 23.0. The molecule has 31 heavy (non-hydrogen) atoms. The Balaban J connectivity index is 1.62. The fourth-order valence-electron chi connectivity index (χ4n) is 4.80. The number of benzene rings is 2. The van der Waals surface area contributed by atoms with Gasteiger partial charge in [-0.3, -0.25) is 14.5 Å². The summed E-state index contributed by atoms with van der Waals surface area (Å²) in [5, 5.41) is 6.21. The summed E-state index contributed by atoms with van der Waals surface area (Å²) in [6.07, 6.45) is 3.10. The summed E-state index contributed by atoms with van der Waals surface area (Å²) in [6.45, 7) is 6.08. The van der Waals surface area contributed by atoms with Gasteiger partial charge in [-0.15, -0.1) is 6.58 Å². The van der Waals surface area contributed by atoms with Crippen LogP contribution in [-0.4, -0.2) is 49.0 Å². The number of carbonyl (C=O) groups excluding carboxylic acids is 2. The number of amides is 2. The fourth-order valence-corrected chi connectivity index (χ4v) is 4.80. The van der Waals surface area contributed by atoms with Crippen LogP contribution in [-0.2, 0) is 17.8 Å². The molecular formula is C25H29N3O3. The van der Waals surface area contributed by atoms with E-state index in [-0.39, 0.29) is 17.7 Å². The van der Waals surface area contributed by atoms with Crippen molar-refractivity contribution >= 4 is 11.8 Å². The molecule has 0 aromatic heterocycles. The zero-order valence-electron chi connectivity index (χ0n) is 17.9. The topological polar surface area (TPSA) is 70.7 Å². The van der Waals surface area contributed by atoms with Crippen LogP contribution in [0.1, 0.15) is 27.9 Å². The number of likely N-dealkylation sites (tertiary alicyclic amines) is 1. The molecule has 2 aliphatic heterocycles. The van der Waals surface area contributed by atoms with Crippen molar-refractivity contribution in [3.05, 3.63) is 77.9 Å². The molecule has 1 fully saturated rings. The van der Waals surface area contributed by atoms with Crippen LogP contribution in [0.25, 0.3) is 0 Å². The van der Waals surface area contributed by atoms with E-state index in [9.17, 15) is 9.59 Å². The van der Waals surface area contributed by atoms with E-state index in [0.29, 0.717) is 37.4 Å². The molecule has 0 aliphatic carbocycles. The highest BCUT2D eigenvalue weighted by molar-refractivity contribution is 5.97. The highest BCUT2D eigenvalue weighted by atomic mass is 16.5. The monoisotopic (exact) mass is 419 g/mol. The van der Waals surface area contributed by atoms with Gasteiger partial charge in [0, 0.05) is 31.7 Å². The largest absolute Gasteiger partial charge is 0.497 e. The van der Waals surface area contributed by atoms with E-state index >= 15 is 0 Å². The van der Waals surface area contributed by atoms with Crippen molar-refractivity contribution in [3.63, 3.8) is 0 Å². The maximum absolute atomic E-state index is 13.2. The number of fused-ring (bicyclic) bond motifs is 1. The van der Waals surface area contributed by atoms with Gasteiger partial charge < -0.3 is 15.4 Å². The first kappa shape index (κ1) is 21.1. The van der Waals surface area contributed by atoms with E-state index in [0.717, 1.165) is 18.5 Å². The second kappa shape index (κ2) is 8.94. The Kier molecular flexibility index (Phi) is 6.09. The summed E-state index contributed by atoms with van der Waals surface area (Å²) in [7, 11) is 1.59. The van der Waals surface area contributed by atoms with Gasteiger partial charge >= 0.3 is 0 Å². The second-order valence-corrected chi connectivity index (χ2v) is 8.37. The molecule has 6 heteroatoms. The lowest BCUT2D eigenvalue weighted by Crippen LogP contribution is -2.57. The van der Waals surface area contributed by atoms with Crippen LogP contribution in [0, 0.1) is 5.92 Å². The van der Waals surface area contributed by atoms with Crippen LogP contribution in [0.4, 0.5) is 0 Å². The second-order valence-electron chi connectivity index (χ2n) is 8.37. The molecule has 2 heterocycles. The molecule has 1 spiro atoms. The van der Waals surface area contributed by atoms with Crippen LogP contribution in [0.5, 0.6) is 5.75 Å². The maximum atomic E-state index is 13.2. The molecule has 2 amide bonds. The molecule has 0 bridgehead atoms. The number of nitrogens with zero attached hydrogens (tertiary/aromatic N) is 1. The van der Waals surface area contributed by atoms with Gasteiger partial charge in [-0.05, 0) is 36.1 Å². The molecule has 0 unspecified atom stereocenters. The van der Waals surface area contributed by atoms with Crippen molar-refractivity contribution in [1.29, 1.82) is 0 Å². The average molecular weight is 420 g/mol. The van der Waals surface area contributed by atoms with Gasteiger partial charge in [0.1, 0.15) is 5.75 Å². The smallest absolute Gasteiger partial charge is 0.252 e. The molecule has 6 nitrogen and oxygen atoms in total. The number of rotatable bonds is 6. The first-order chi connectivity index (χ1) is 15.0. The zero-order valence-corrected chi connectivity index (χ0v) is 17.9. The van der Waals surface area contributed by atoms with Gasteiger partial charge in [0.25, 0.3) is 5.91 Å². The Morgan fingerprint density at radius 1 is 1.32 bits per heavy atom. The molecule has 0 radical (unpaired) electrons. The van der Waals surface area contributed by atoms with Crippen molar-refractivity contribution in [3.8, 4) is 5.75 Å². The van der Waals surface area contributed by atoms with Gasteiger partial charge in [0.2, 0.25) is 5.91 Å². The third-order valence-corrected chi connectivity index (χ3v) is 6.36. The molecule has 2 N–H and O–H groups in total. The lowest BCUT2D eigenvalue weighted by atomic mass is 9.82. The van der Waals surface area contributed by atoms with Crippen LogP contribution >= 0.6 is 0 Å². The van der Waals surface area contributed by atoms with Crippen molar-refractivity contribution < 1.29 is 14.3 Å². The van der Waals surface area contributed by atoms with Crippen LogP contribution in [0.2, 0.25) is 0 Å². The van der Waals surface area contributed by atoms with Crippen molar-refractivity contribution in [2.24, 2.45) is 5.92 Å². The van der Waals surface area contributed by atoms with Gasteiger partial charge in [0.05, 0.1) is 18.6 Å². The van der Waals surface area contributed by atoms with E-state index in [1.165, 1.54) is 5.56 Å². The van der Waals surface area contributed by atoms with E-state index in [2.05, 4.69) is 34.2 Å². The minimum Gasteiger partial charge on any atom is -0.497 e. The average Bonchev–Trinajstić information content (AvgIpc) is 3.07. The first-order valence-corrected chi connectivity index (χ1v) is 10.7. The Labute approximate surface area is 183 Å². The number of nitrogens with one attached hydrogen (secondary N) is 2. The maximum Gasteiger partial charge on any atom is 0.252 e. The van der Waals surface area contributed by atoms with Crippen LogP contribution < -0.4 is 15.4 Å². The third kappa shape index (κ3) is 4.35. The van der Waals surface area contributed by atoms with E-state index in [1.54, 1.807) is 19.3 Å². The van der Waals surface area contributed by atoms with Crippen molar-refractivity contribution in [1.82, 2.24) is 15.5 Å². The highest BCUT2D eigenvalue weighted by Gasteiger charge is 2.51. The lowest BCUT2D eigenvalue weighted by Gasteiger charge is -2.34. The molecule has 162 valence electrons. The quantitative estimate of drug-likeness (QED) is 0.706. The number of hydrogen-bond acceptors (Lipinski definition) is 4. The predicted molar refractivity (Wildman–Crippen MR) is 120 cm³/mol. The summed E-state index contributed by atoms with van der Waals surface area (Å²) in [5.41, 5.74) is 2.19. The highest BCUT2D eigenvalue weighted by Crippen LogP contribution is 2.36. The molecule has 2 aromatic rings. The van der Waals surface area contributed by atoms with Gasteiger partial charge in [-0.2, -0.15) is 0 Å².